The molecule has 1 aromatic rings. The summed E-state index contributed by atoms with van der Waals surface area (Å²) < 4.78 is 5.21. The Morgan fingerprint density at radius 3 is 2.52 bits per heavy atom. The van der Waals surface area contributed by atoms with E-state index in [1.807, 2.05) is 47.6 Å². The minimum atomic E-state index is -0.486. The zero-order valence-corrected chi connectivity index (χ0v) is 13.8. The Morgan fingerprint density at radius 2 is 1.95 bits per heavy atom. The number of hydrogen-bond donors (Lipinski definition) is 2. The molecule has 118 valence electrons. The van der Waals surface area contributed by atoms with E-state index in [1.165, 1.54) is 0 Å². The molecule has 0 aliphatic heterocycles. The molecule has 1 amide bonds. The predicted octanol–water partition coefficient (Wildman–Crippen LogP) is 2.18. The van der Waals surface area contributed by atoms with Gasteiger partial charge in [-0.25, -0.2) is 14.8 Å². The van der Waals surface area contributed by atoms with E-state index in [0.29, 0.717) is 13.1 Å². The van der Waals surface area contributed by atoms with Gasteiger partial charge in [0.25, 0.3) is 0 Å². The molecular weight excluding hydrogens is 268 g/mol. The third-order valence-electron chi connectivity index (χ3n) is 2.66. The van der Waals surface area contributed by atoms with E-state index in [-0.39, 0.29) is 5.54 Å². The second-order valence-electron chi connectivity index (χ2n) is 6.69. The molecule has 0 saturated heterocycles. The van der Waals surface area contributed by atoms with Crippen molar-refractivity contribution in [3.63, 3.8) is 0 Å². The molecule has 0 spiro atoms. The Kier molecular flexibility index (Phi) is 5.66. The van der Waals surface area contributed by atoms with Gasteiger partial charge in [0, 0.05) is 24.8 Å². The summed E-state index contributed by atoms with van der Waals surface area (Å²) in [6.07, 6.45) is 1.33. The van der Waals surface area contributed by atoms with Crippen molar-refractivity contribution in [1.29, 1.82) is 0 Å². The van der Waals surface area contributed by atoms with Crippen LogP contribution in [0.2, 0.25) is 0 Å². The smallest absolute Gasteiger partial charge is 0.407 e. The average Bonchev–Trinajstić information content (AvgIpc) is 2.33. The summed E-state index contributed by atoms with van der Waals surface area (Å²) in [5, 5.41) is 6.13. The molecule has 21 heavy (non-hydrogen) atoms. The number of carbonyl (C=O) groups excluding carboxylic acids is 1. The number of alkyl carbamates (subject to hydrolysis) is 1. The zero-order valence-electron chi connectivity index (χ0n) is 13.8. The average molecular weight is 294 g/mol. The van der Waals surface area contributed by atoms with Crippen LogP contribution in [0.15, 0.2) is 12.3 Å². The number of amides is 1. The first-order chi connectivity index (χ1) is 9.57. The van der Waals surface area contributed by atoms with Crippen LogP contribution in [0.3, 0.4) is 0 Å². The van der Waals surface area contributed by atoms with Gasteiger partial charge in [-0.2, -0.15) is 0 Å². The molecular formula is C15H26N4O2. The van der Waals surface area contributed by atoms with Crippen LogP contribution >= 0.6 is 0 Å². The van der Waals surface area contributed by atoms with E-state index in [0.717, 1.165) is 11.5 Å². The van der Waals surface area contributed by atoms with Crippen LogP contribution in [0.1, 0.15) is 46.1 Å². The van der Waals surface area contributed by atoms with Crippen molar-refractivity contribution in [3.8, 4) is 0 Å². The number of nitrogens with one attached hydrogen (secondary N) is 2. The van der Waals surface area contributed by atoms with Crippen LogP contribution in [-0.4, -0.2) is 33.7 Å². The van der Waals surface area contributed by atoms with Crippen LogP contribution in [0, 0.1) is 6.92 Å². The maximum absolute atomic E-state index is 11.6. The highest BCUT2D eigenvalue weighted by Gasteiger charge is 2.21. The number of aromatic nitrogens is 2. The molecule has 2 N–H and O–H groups in total. The summed E-state index contributed by atoms with van der Waals surface area (Å²) in [6.45, 7) is 12.5. The summed E-state index contributed by atoms with van der Waals surface area (Å²) in [4.78, 5) is 20.0. The molecule has 0 bridgehead atoms. The molecule has 0 atom stereocenters. The molecule has 0 aliphatic rings. The van der Waals surface area contributed by atoms with Gasteiger partial charge in [-0.1, -0.05) is 0 Å². The van der Waals surface area contributed by atoms with Crippen LogP contribution in [0.25, 0.3) is 0 Å². The van der Waals surface area contributed by atoms with Crippen LogP contribution in [0.5, 0.6) is 0 Å². The van der Waals surface area contributed by atoms with Gasteiger partial charge >= 0.3 is 6.09 Å². The highest BCUT2D eigenvalue weighted by Crippen LogP contribution is 2.08. The Balaban J connectivity index is 2.41. The van der Waals surface area contributed by atoms with Crippen molar-refractivity contribution in [2.75, 3.05) is 6.54 Å². The zero-order chi connectivity index (χ0) is 16.1. The van der Waals surface area contributed by atoms with Gasteiger partial charge in [0.1, 0.15) is 11.4 Å². The van der Waals surface area contributed by atoms with Crippen molar-refractivity contribution >= 4 is 6.09 Å². The molecule has 6 nitrogen and oxygen atoms in total. The Hall–Kier alpha value is -1.69. The van der Waals surface area contributed by atoms with Gasteiger partial charge in [0.15, 0.2) is 0 Å². The van der Waals surface area contributed by atoms with Gasteiger partial charge in [-0.3, -0.25) is 0 Å². The lowest BCUT2D eigenvalue weighted by molar-refractivity contribution is 0.0513. The summed E-state index contributed by atoms with van der Waals surface area (Å²) in [5.41, 5.74) is 0.170. The number of ether oxygens (including phenoxy) is 1. The first kappa shape index (κ1) is 17.4. The van der Waals surface area contributed by atoms with Crippen molar-refractivity contribution in [2.45, 2.75) is 59.2 Å². The number of aryl methyl sites for hydroxylation is 1. The Morgan fingerprint density at radius 1 is 1.29 bits per heavy atom. The van der Waals surface area contributed by atoms with Gasteiger partial charge in [0.2, 0.25) is 0 Å². The summed E-state index contributed by atoms with van der Waals surface area (Å²) >= 11 is 0. The normalized spacial score (nSPS) is 12.1. The fourth-order valence-corrected chi connectivity index (χ4v) is 1.60. The monoisotopic (exact) mass is 294 g/mol. The minimum Gasteiger partial charge on any atom is -0.444 e. The molecule has 0 fully saturated rings. The number of rotatable bonds is 5. The van der Waals surface area contributed by atoms with Gasteiger partial charge in [-0.05, 0) is 47.6 Å². The lowest BCUT2D eigenvalue weighted by Crippen LogP contribution is -2.49. The molecule has 0 unspecified atom stereocenters. The fraction of sp³-hybridized carbons (Fsp3) is 0.667. The molecule has 0 radical (unpaired) electrons. The maximum atomic E-state index is 11.6. The van der Waals surface area contributed by atoms with Crippen LogP contribution in [-0.2, 0) is 11.3 Å². The third-order valence-corrected chi connectivity index (χ3v) is 2.66. The first-order valence-electron chi connectivity index (χ1n) is 7.08. The highest BCUT2D eigenvalue weighted by molar-refractivity contribution is 5.67. The van der Waals surface area contributed by atoms with Crippen molar-refractivity contribution in [2.24, 2.45) is 0 Å². The van der Waals surface area contributed by atoms with E-state index in [9.17, 15) is 4.79 Å². The van der Waals surface area contributed by atoms with Crippen molar-refractivity contribution in [1.82, 2.24) is 20.6 Å². The van der Waals surface area contributed by atoms with E-state index in [4.69, 9.17) is 4.74 Å². The first-order valence-corrected chi connectivity index (χ1v) is 7.08. The largest absolute Gasteiger partial charge is 0.444 e. The van der Waals surface area contributed by atoms with Gasteiger partial charge < -0.3 is 15.4 Å². The molecule has 0 aromatic carbocycles. The van der Waals surface area contributed by atoms with E-state index >= 15 is 0 Å². The Labute approximate surface area is 126 Å². The minimum absolute atomic E-state index is 0.268. The molecule has 1 heterocycles. The topological polar surface area (TPSA) is 76.1 Å². The second-order valence-corrected chi connectivity index (χ2v) is 6.69. The van der Waals surface area contributed by atoms with Gasteiger partial charge in [0.05, 0.1) is 5.69 Å². The summed E-state index contributed by atoms with van der Waals surface area (Å²) in [7, 11) is 0. The summed E-state index contributed by atoms with van der Waals surface area (Å²) in [5.74, 6) is 0.749. The van der Waals surface area contributed by atoms with Crippen LogP contribution < -0.4 is 10.6 Å². The highest BCUT2D eigenvalue weighted by atomic mass is 16.6. The lowest BCUT2D eigenvalue weighted by Gasteiger charge is -2.27. The molecule has 0 aliphatic carbocycles. The quantitative estimate of drug-likeness (QED) is 0.870. The van der Waals surface area contributed by atoms with Crippen molar-refractivity contribution in [3.05, 3.63) is 23.8 Å². The standard InChI is InChI=1S/C15H26N4O2/c1-11-16-8-7-12(19-11)9-18-15(5,6)10-17-13(20)21-14(2,3)4/h7-8,18H,9-10H2,1-6H3,(H,17,20). The molecule has 6 heteroatoms. The maximum Gasteiger partial charge on any atom is 0.407 e. The molecule has 0 saturated carbocycles. The second kappa shape index (κ2) is 6.85. The third kappa shape index (κ3) is 7.60. The molecule has 1 aromatic heterocycles. The van der Waals surface area contributed by atoms with Crippen LogP contribution in [0.4, 0.5) is 4.79 Å². The van der Waals surface area contributed by atoms with Crippen molar-refractivity contribution < 1.29 is 9.53 Å². The van der Waals surface area contributed by atoms with E-state index in [2.05, 4.69) is 20.6 Å². The Bertz CT molecular complexity index is 481. The summed E-state index contributed by atoms with van der Waals surface area (Å²) in [6, 6.07) is 1.87. The van der Waals surface area contributed by atoms with Gasteiger partial charge in [-0.15, -0.1) is 0 Å². The van der Waals surface area contributed by atoms with E-state index < -0.39 is 11.7 Å². The number of hydrogen-bond acceptors (Lipinski definition) is 5. The molecule has 1 rings (SSSR count). The fourth-order valence-electron chi connectivity index (χ4n) is 1.60. The number of nitrogens with zero attached hydrogens (tertiary/aromatic N) is 2. The lowest BCUT2D eigenvalue weighted by atomic mass is 10.1. The predicted molar refractivity (Wildman–Crippen MR) is 81.9 cm³/mol. The number of carbonyl (C=O) groups is 1. The SMILES string of the molecule is Cc1nccc(CNC(C)(C)CNC(=O)OC(C)(C)C)n1. The van der Waals surface area contributed by atoms with E-state index in [1.54, 1.807) is 6.20 Å².